The second kappa shape index (κ2) is 20.3. The van der Waals surface area contributed by atoms with Crippen LogP contribution in [0, 0.1) is 10.2 Å². The Hall–Kier alpha value is -4.59. The van der Waals surface area contributed by atoms with Gasteiger partial charge >= 0.3 is 17.1 Å². The van der Waals surface area contributed by atoms with E-state index in [1.54, 1.807) is 85.5 Å². The monoisotopic (exact) mass is 629 g/mol. The SMILES string of the molecule is O=C([N-]c1ccccc1[N-]C(=O)c1ccccn1)c1ccccn1.[Fe+3].[O-][Cl+3]([O-])([O-])[O-].c1ccncc1.c1ccncc1. The standard InChI is InChI=1S/C18H14N4O2.2C5H5N.ClHO4.Fe/c23-17(15-9-3-5-11-19-15)21-13-7-1-2-8-14(13)22-18(24)16-10-4-6-12-20-16;2*1-2-4-6-5-3-1;2-1(3,4)5;/h1-12H,(H2,19,20,21,22,23,24);2*1-5H;(H,2,3,4,5);/q;;;;+3/p-3. The van der Waals surface area contributed by atoms with Crippen molar-refractivity contribution in [2.24, 2.45) is 0 Å². The topological polar surface area (TPSA) is 206 Å². The van der Waals surface area contributed by atoms with E-state index in [0.717, 1.165) is 0 Å². The van der Waals surface area contributed by atoms with Crippen LogP contribution in [-0.2, 0) is 17.1 Å². The van der Waals surface area contributed by atoms with Crippen molar-refractivity contribution >= 4 is 23.2 Å². The molecule has 42 heavy (non-hydrogen) atoms. The fourth-order valence-corrected chi connectivity index (χ4v) is 2.59. The second-order valence-corrected chi connectivity index (χ2v) is 7.94. The minimum Gasteiger partial charge on any atom is -0.622 e. The average Bonchev–Trinajstić information content (AvgIpc) is 3.00. The third-order valence-electron chi connectivity index (χ3n) is 4.23. The largest absolute Gasteiger partial charge is 3.00 e. The molecule has 5 aromatic rings. The van der Waals surface area contributed by atoms with Crippen LogP contribution in [0.4, 0.5) is 11.4 Å². The number of hydrogen-bond acceptors (Lipinski definition) is 10. The fourth-order valence-electron chi connectivity index (χ4n) is 2.59. The number of hydrogen-bond donors (Lipinski definition) is 0. The van der Waals surface area contributed by atoms with Gasteiger partial charge in [0.05, 0.1) is 11.4 Å². The Morgan fingerprint density at radius 3 is 1.05 bits per heavy atom. The van der Waals surface area contributed by atoms with Crippen LogP contribution in [0.25, 0.3) is 10.6 Å². The Labute approximate surface area is 254 Å². The van der Waals surface area contributed by atoms with Crippen LogP contribution in [0.2, 0.25) is 0 Å². The molecule has 5 rings (SSSR count). The van der Waals surface area contributed by atoms with Crippen molar-refractivity contribution in [3.8, 4) is 0 Å². The summed E-state index contributed by atoms with van der Waals surface area (Å²) in [6.45, 7) is 0. The molecule has 1 radical (unpaired) electrons. The second-order valence-electron chi connectivity index (χ2n) is 7.18. The van der Waals surface area contributed by atoms with E-state index in [0.29, 0.717) is 11.4 Å². The van der Waals surface area contributed by atoms with Gasteiger partial charge in [-0.3, -0.25) is 19.9 Å². The van der Waals surface area contributed by atoms with Crippen LogP contribution in [0.1, 0.15) is 21.0 Å². The van der Waals surface area contributed by atoms with E-state index in [1.807, 2.05) is 36.4 Å². The van der Waals surface area contributed by atoms with Crippen molar-refractivity contribution in [1.29, 1.82) is 0 Å². The van der Waals surface area contributed by atoms with E-state index in [9.17, 15) is 9.59 Å². The van der Waals surface area contributed by atoms with Crippen LogP contribution in [0.3, 0.4) is 0 Å². The number of carbonyl (C=O) groups excluding carboxylic acids is 2. The maximum absolute atomic E-state index is 12.2. The smallest absolute Gasteiger partial charge is 0.622 e. The Kier molecular flexibility index (Phi) is 17.1. The van der Waals surface area contributed by atoms with Gasteiger partial charge < -0.3 is 20.2 Å². The summed E-state index contributed by atoms with van der Waals surface area (Å²) in [5.41, 5.74) is 1.06. The molecule has 12 nitrogen and oxygen atoms in total. The van der Waals surface area contributed by atoms with E-state index >= 15 is 0 Å². The zero-order valence-corrected chi connectivity index (χ0v) is 23.4. The molecule has 1 aromatic carbocycles. The van der Waals surface area contributed by atoms with E-state index in [1.165, 1.54) is 12.4 Å². The molecule has 4 heterocycles. The fraction of sp³-hybridized carbons (Fsp3) is 0. The molecule has 0 unspecified atom stereocenters. The molecule has 0 saturated carbocycles. The maximum atomic E-state index is 12.2. The summed E-state index contributed by atoms with van der Waals surface area (Å²) in [6.07, 6.45) is 10.0. The van der Waals surface area contributed by atoms with Crippen LogP contribution >= 0.6 is 0 Å². The molecule has 0 spiro atoms. The molecule has 14 heteroatoms. The van der Waals surface area contributed by atoms with Crippen molar-refractivity contribution < 1.29 is 55.5 Å². The van der Waals surface area contributed by atoms with E-state index in [2.05, 4.69) is 30.6 Å². The normalized spacial score (nSPS) is 9.43. The molecule has 2 amide bonds. The number of nitrogens with zero attached hydrogens (tertiary/aromatic N) is 6. The molecule has 0 fully saturated rings. The van der Waals surface area contributed by atoms with Gasteiger partial charge in [-0.2, -0.15) is 0 Å². The number of benzene rings is 1. The summed E-state index contributed by atoms with van der Waals surface area (Å²) >= 11 is 0. The Bertz CT molecular complexity index is 1260. The minimum absolute atomic E-state index is 0. The molecular formula is C28H22ClFeN6O6. The third-order valence-corrected chi connectivity index (χ3v) is 4.23. The number of amides is 2. The molecule has 0 aliphatic heterocycles. The van der Waals surface area contributed by atoms with Crippen molar-refractivity contribution in [1.82, 2.24) is 19.9 Å². The first-order valence-corrected chi connectivity index (χ1v) is 12.7. The molecular weight excluding hydrogens is 608 g/mol. The Morgan fingerprint density at radius 2 is 0.810 bits per heavy atom. The molecule has 4 aromatic heterocycles. The molecule has 0 aliphatic rings. The van der Waals surface area contributed by atoms with Crippen LogP contribution in [0.5, 0.6) is 0 Å². The summed E-state index contributed by atoms with van der Waals surface area (Å²) in [5, 5.41) is 8.02. The molecule has 0 N–H and O–H groups in total. The van der Waals surface area contributed by atoms with Gasteiger partial charge in [-0.1, -0.05) is 48.5 Å². The first kappa shape index (κ1) is 35.4. The van der Waals surface area contributed by atoms with Crippen LogP contribution in [-0.4, -0.2) is 31.8 Å². The Balaban J connectivity index is 0.000000396. The predicted octanol–water partition coefficient (Wildman–Crippen LogP) is 1.57. The number of pyridine rings is 4. The van der Waals surface area contributed by atoms with Crippen molar-refractivity contribution in [3.63, 3.8) is 0 Å². The van der Waals surface area contributed by atoms with E-state index in [4.69, 9.17) is 18.6 Å². The first-order valence-electron chi connectivity index (χ1n) is 11.5. The van der Waals surface area contributed by atoms with E-state index < -0.39 is 22.1 Å². The maximum Gasteiger partial charge on any atom is 3.00 e. The third kappa shape index (κ3) is 16.5. The molecule has 0 saturated heterocycles. The number of aromatic nitrogens is 4. The zero-order chi connectivity index (χ0) is 29.8. The number of rotatable bonds is 4. The van der Waals surface area contributed by atoms with Crippen LogP contribution < -0.4 is 18.6 Å². The number of carbonyl (C=O) groups is 2. The average molecular weight is 630 g/mol. The molecule has 0 bridgehead atoms. The molecule has 0 aliphatic carbocycles. The van der Waals surface area contributed by atoms with Crippen molar-refractivity contribution in [2.45, 2.75) is 0 Å². The van der Waals surface area contributed by atoms with Gasteiger partial charge in [0.2, 0.25) is 0 Å². The quantitative estimate of drug-likeness (QED) is 0.262. The van der Waals surface area contributed by atoms with Gasteiger partial charge in [0.1, 0.15) is 11.8 Å². The summed E-state index contributed by atoms with van der Waals surface area (Å²) in [5.74, 6) is -0.993. The molecule has 0 atom stereocenters. The van der Waals surface area contributed by atoms with Gasteiger partial charge in [-0.25, -0.2) is 18.6 Å². The van der Waals surface area contributed by atoms with Gasteiger partial charge in [-0.05, 0) is 48.5 Å². The number of para-hydroxylation sites is 2. The Morgan fingerprint density at radius 1 is 0.500 bits per heavy atom. The zero-order valence-electron chi connectivity index (χ0n) is 21.6. The van der Waals surface area contributed by atoms with Crippen molar-refractivity contribution in [3.05, 3.63) is 156 Å². The van der Waals surface area contributed by atoms with Crippen LogP contribution in [0.15, 0.2) is 134 Å². The summed E-state index contributed by atoms with van der Waals surface area (Å²) < 4.78 is 34.0. The molecule has 215 valence electrons. The van der Waals surface area contributed by atoms with Gasteiger partial charge in [-0.15, -0.1) is 21.6 Å². The summed E-state index contributed by atoms with van der Waals surface area (Å²) in [7, 11) is -4.94. The van der Waals surface area contributed by atoms with Gasteiger partial charge in [0.25, 0.3) is 0 Å². The summed E-state index contributed by atoms with van der Waals surface area (Å²) in [4.78, 5) is 39.8. The van der Waals surface area contributed by atoms with E-state index in [-0.39, 0.29) is 28.5 Å². The summed E-state index contributed by atoms with van der Waals surface area (Å²) in [6, 6.07) is 28.1. The number of halogens is 1. The first-order chi connectivity index (χ1) is 19.7. The predicted molar refractivity (Wildman–Crippen MR) is 138 cm³/mol. The van der Waals surface area contributed by atoms with Gasteiger partial charge in [0, 0.05) is 37.2 Å². The van der Waals surface area contributed by atoms with Crippen molar-refractivity contribution in [2.75, 3.05) is 0 Å². The van der Waals surface area contributed by atoms with Gasteiger partial charge in [0.15, 0.2) is 0 Å². The minimum atomic E-state index is -4.94.